The molecule has 9 heteroatoms. The average molecular weight is 464 g/mol. The van der Waals surface area contributed by atoms with Gasteiger partial charge in [0.2, 0.25) is 0 Å². The third kappa shape index (κ3) is 4.70. The van der Waals surface area contributed by atoms with E-state index in [1.54, 1.807) is 12.5 Å². The van der Waals surface area contributed by atoms with E-state index in [9.17, 15) is 4.79 Å². The van der Waals surface area contributed by atoms with Crippen LogP contribution in [0.3, 0.4) is 0 Å². The summed E-state index contributed by atoms with van der Waals surface area (Å²) in [5.74, 6) is 1.07. The molecule has 0 saturated carbocycles. The Morgan fingerprint density at radius 1 is 1.26 bits per heavy atom. The van der Waals surface area contributed by atoms with Crippen LogP contribution in [0.1, 0.15) is 66.9 Å². The molecular weight excluding hydrogens is 434 g/mol. The number of carbonyl (C=O) groups is 1. The van der Waals surface area contributed by atoms with Gasteiger partial charge in [0.25, 0.3) is 12.2 Å². The Morgan fingerprint density at radius 3 is 3.00 bits per heavy atom. The second-order valence-corrected chi connectivity index (χ2v) is 8.48. The molecule has 0 radical (unpaired) electrons. The van der Waals surface area contributed by atoms with Crippen molar-refractivity contribution in [2.75, 3.05) is 19.7 Å². The molecule has 5 rings (SSSR count). The van der Waals surface area contributed by atoms with Gasteiger partial charge < -0.3 is 19.2 Å². The van der Waals surface area contributed by atoms with Crippen LogP contribution in [0.2, 0.25) is 0 Å². The summed E-state index contributed by atoms with van der Waals surface area (Å²) >= 11 is 0. The number of nitrogens with zero attached hydrogens (tertiary/aromatic N) is 3. The topological polar surface area (TPSA) is 102 Å². The number of H-pyrrole nitrogens is 1. The van der Waals surface area contributed by atoms with Gasteiger partial charge in [-0.1, -0.05) is 31.9 Å². The first kappa shape index (κ1) is 22.2. The highest BCUT2D eigenvalue weighted by Crippen LogP contribution is 2.36. The Balaban J connectivity index is 1.31. The fraction of sp³-hybridized carbons (Fsp3) is 0.400. The number of amides is 1. The molecule has 0 aliphatic carbocycles. The molecule has 2 N–H and O–H groups in total. The van der Waals surface area contributed by atoms with Gasteiger partial charge in [-0.05, 0) is 31.4 Å². The highest BCUT2D eigenvalue weighted by molar-refractivity contribution is 6.06. The van der Waals surface area contributed by atoms with Gasteiger partial charge in [0, 0.05) is 24.8 Å². The van der Waals surface area contributed by atoms with Gasteiger partial charge in [-0.3, -0.25) is 10.2 Å². The summed E-state index contributed by atoms with van der Waals surface area (Å²) < 4.78 is 17.7. The van der Waals surface area contributed by atoms with Gasteiger partial charge in [-0.25, -0.2) is 15.0 Å². The van der Waals surface area contributed by atoms with Gasteiger partial charge in [0.1, 0.15) is 29.5 Å². The van der Waals surface area contributed by atoms with Crippen LogP contribution in [-0.2, 0) is 9.47 Å². The summed E-state index contributed by atoms with van der Waals surface area (Å²) in [5, 5.41) is 1.97. The predicted octanol–water partition coefficient (Wildman–Crippen LogP) is 4.31. The average Bonchev–Trinajstić information content (AvgIpc) is 3.53. The Bertz CT molecular complexity index is 1190. The minimum Gasteiger partial charge on any atom is -0.494 e. The molecule has 1 saturated heterocycles. The first-order valence-electron chi connectivity index (χ1n) is 11.9. The third-order valence-corrected chi connectivity index (χ3v) is 5.99. The van der Waals surface area contributed by atoms with Crippen molar-refractivity contribution in [2.24, 2.45) is 0 Å². The second-order valence-electron chi connectivity index (χ2n) is 8.48. The van der Waals surface area contributed by atoms with Crippen molar-refractivity contribution >= 4 is 22.7 Å². The Labute approximate surface area is 198 Å². The van der Waals surface area contributed by atoms with Gasteiger partial charge in [-0.2, -0.15) is 0 Å². The van der Waals surface area contributed by atoms with Crippen LogP contribution in [0, 0.1) is 0 Å². The Kier molecular flexibility index (Phi) is 6.62. The lowest BCUT2D eigenvalue weighted by Crippen LogP contribution is -2.45. The molecule has 9 nitrogen and oxygen atoms in total. The molecule has 2 aliphatic rings. The van der Waals surface area contributed by atoms with Gasteiger partial charge in [-0.15, -0.1) is 0 Å². The number of aromatic amines is 1. The first-order chi connectivity index (χ1) is 16.7. The second kappa shape index (κ2) is 10.1. The first-order valence-corrected chi connectivity index (χ1v) is 11.9. The third-order valence-electron chi connectivity index (χ3n) is 5.99. The molecule has 1 unspecified atom stereocenters. The largest absolute Gasteiger partial charge is 0.494 e. The normalized spacial score (nSPS) is 18.3. The van der Waals surface area contributed by atoms with Gasteiger partial charge in [0.05, 0.1) is 17.7 Å². The Morgan fingerprint density at radius 2 is 2.15 bits per heavy atom. The molecule has 0 bridgehead atoms. The van der Waals surface area contributed by atoms with Crippen LogP contribution in [0.25, 0.3) is 16.8 Å². The van der Waals surface area contributed by atoms with Gasteiger partial charge in [0.15, 0.2) is 5.76 Å². The lowest BCUT2D eigenvalue weighted by molar-refractivity contribution is -0.0173. The number of benzene rings is 1. The number of piperidine rings is 1. The summed E-state index contributed by atoms with van der Waals surface area (Å²) in [6.45, 7) is 4.53. The molecular formula is C25H29N5O4. The Hall–Kier alpha value is -3.59. The summed E-state index contributed by atoms with van der Waals surface area (Å²) in [7, 11) is 0. The van der Waals surface area contributed by atoms with Crippen molar-refractivity contribution in [3.8, 4) is 5.75 Å². The fourth-order valence-corrected chi connectivity index (χ4v) is 4.15. The molecule has 0 spiro atoms. The van der Waals surface area contributed by atoms with Crippen LogP contribution in [0.15, 0.2) is 43.1 Å². The van der Waals surface area contributed by atoms with Crippen molar-refractivity contribution in [2.45, 2.75) is 45.3 Å². The zero-order valence-electron chi connectivity index (χ0n) is 19.3. The smallest absolute Gasteiger partial charge is 0.269 e. The van der Waals surface area contributed by atoms with E-state index in [2.05, 4.69) is 27.3 Å². The minimum atomic E-state index is -0.605. The number of hydrogen-bond donors (Lipinski definition) is 2. The molecule has 178 valence electrons. The number of carbonyl (C=O) groups excluding carboxylic acids is 1. The van der Waals surface area contributed by atoms with Crippen molar-refractivity contribution < 1.29 is 19.0 Å². The number of fused-ring (bicyclic) bond motifs is 1. The maximum absolute atomic E-state index is 12.9. The number of aromatic nitrogens is 3. The van der Waals surface area contributed by atoms with Crippen LogP contribution in [0.4, 0.5) is 0 Å². The lowest BCUT2D eigenvalue weighted by Gasteiger charge is -2.26. The van der Waals surface area contributed by atoms with E-state index in [0.717, 1.165) is 50.1 Å². The van der Waals surface area contributed by atoms with E-state index >= 15 is 0 Å². The zero-order chi connectivity index (χ0) is 23.3. The minimum absolute atomic E-state index is 0.187. The van der Waals surface area contributed by atoms with Crippen molar-refractivity contribution in [3.05, 3.63) is 59.9 Å². The highest BCUT2D eigenvalue weighted by Gasteiger charge is 2.27. The standard InChI is InChI=1S/C25H29N5O4/c1-2-3-12-32-18-9-7-8-17(13-18)25-33-15-20(34-25)22-23-21(27-16-28-22)19(14-26-23)24(31)29-30-10-5-4-6-11-30/h7-9,13-16,25-26H,2-6,10-12H2,1H3,(H,29,31). The lowest BCUT2D eigenvalue weighted by atomic mass is 10.2. The SMILES string of the molecule is CCCCOc1cccc(C2OC=C(c3ncnc4c(C(=O)NN5CCCCC5)c[nH]c34)O2)c1. The van der Waals surface area contributed by atoms with Crippen molar-refractivity contribution in [3.63, 3.8) is 0 Å². The predicted molar refractivity (Wildman–Crippen MR) is 127 cm³/mol. The molecule has 1 fully saturated rings. The number of hydrazine groups is 1. The summed E-state index contributed by atoms with van der Waals surface area (Å²) in [5.41, 5.74) is 6.01. The summed E-state index contributed by atoms with van der Waals surface area (Å²) in [6, 6.07) is 7.69. The summed E-state index contributed by atoms with van der Waals surface area (Å²) in [4.78, 5) is 24.8. The van der Waals surface area contributed by atoms with E-state index in [0.29, 0.717) is 34.7 Å². The molecule has 3 aromatic rings. The van der Waals surface area contributed by atoms with E-state index < -0.39 is 6.29 Å². The van der Waals surface area contributed by atoms with E-state index in [1.807, 2.05) is 29.3 Å². The van der Waals surface area contributed by atoms with Crippen LogP contribution in [-0.4, -0.2) is 45.6 Å². The summed E-state index contributed by atoms with van der Waals surface area (Å²) in [6.07, 6.45) is 9.49. The molecule has 2 aliphatic heterocycles. The fourth-order valence-electron chi connectivity index (χ4n) is 4.15. The number of ether oxygens (including phenoxy) is 3. The molecule has 34 heavy (non-hydrogen) atoms. The number of unbranched alkanes of at least 4 members (excludes halogenated alkanes) is 1. The zero-order valence-corrected chi connectivity index (χ0v) is 19.3. The number of hydrogen-bond acceptors (Lipinski definition) is 7. The monoisotopic (exact) mass is 463 g/mol. The van der Waals surface area contributed by atoms with Crippen LogP contribution in [0.5, 0.6) is 5.75 Å². The molecule has 4 heterocycles. The van der Waals surface area contributed by atoms with E-state index in [1.165, 1.54) is 12.7 Å². The maximum atomic E-state index is 12.9. The van der Waals surface area contributed by atoms with E-state index in [4.69, 9.17) is 14.2 Å². The maximum Gasteiger partial charge on any atom is 0.269 e. The van der Waals surface area contributed by atoms with Gasteiger partial charge >= 0.3 is 0 Å². The van der Waals surface area contributed by atoms with Crippen molar-refractivity contribution in [1.82, 2.24) is 25.4 Å². The van der Waals surface area contributed by atoms with Crippen LogP contribution >= 0.6 is 0 Å². The molecule has 1 amide bonds. The number of nitrogens with one attached hydrogen (secondary N) is 2. The molecule has 1 aromatic carbocycles. The quantitative estimate of drug-likeness (QED) is 0.480. The molecule has 2 aromatic heterocycles. The molecule has 1 atom stereocenters. The highest BCUT2D eigenvalue weighted by atomic mass is 16.7. The van der Waals surface area contributed by atoms with Crippen molar-refractivity contribution in [1.29, 1.82) is 0 Å². The van der Waals surface area contributed by atoms with E-state index in [-0.39, 0.29) is 5.91 Å². The number of rotatable bonds is 8. The van der Waals surface area contributed by atoms with Crippen LogP contribution < -0.4 is 10.2 Å².